The predicted octanol–water partition coefficient (Wildman–Crippen LogP) is 3.11. The molecule has 0 aliphatic carbocycles. The topological polar surface area (TPSA) is 126 Å². The molecule has 180 valence electrons. The van der Waals surface area contributed by atoms with E-state index in [0.29, 0.717) is 22.6 Å². The second-order valence-electron chi connectivity index (χ2n) is 7.88. The summed E-state index contributed by atoms with van der Waals surface area (Å²) in [6.07, 6.45) is 0. The molecule has 36 heavy (non-hydrogen) atoms. The number of aromatic nitrogens is 2. The summed E-state index contributed by atoms with van der Waals surface area (Å²) in [6, 6.07) is 18.1. The Bertz CT molecular complexity index is 1580. The molecule has 1 N–H and O–H groups in total. The van der Waals surface area contributed by atoms with Gasteiger partial charge < -0.3 is 19.5 Å². The van der Waals surface area contributed by atoms with Gasteiger partial charge in [0.15, 0.2) is 29.6 Å². The number of anilines is 1. The molecule has 0 radical (unpaired) electrons. The lowest BCUT2D eigenvalue weighted by molar-refractivity contribution is -0.119. The first-order valence-corrected chi connectivity index (χ1v) is 10.9. The van der Waals surface area contributed by atoms with Gasteiger partial charge in [0.05, 0.1) is 16.8 Å². The molecule has 0 spiro atoms. The predicted molar refractivity (Wildman–Crippen MR) is 129 cm³/mol. The van der Waals surface area contributed by atoms with Gasteiger partial charge in [-0.05, 0) is 31.2 Å². The Morgan fingerprint density at radius 1 is 0.972 bits per heavy atom. The first-order valence-electron chi connectivity index (χ1n) is 10.9. The summed E-state index contributed by atoms with van der Waals surface area (Å²) in [5.74, 6) is -1.07. The maximum atomic E-state index is 13.0. The van der Waals surface area contributed by atoms with E-state index in [-0.39, 0.29) is 34.9 Å². The van der Waals surface area contributed by atoms with Gasteiger partial charge in [0.2, 0.25) is 6.79 Å². The van der Waals surface area contributed by atoms with Gasteiger partial charge >= 0.3 is 5.97 Å². The van der Waals surface area contributed by atoms with Gasteiger partial charge in [-0.15, -0.1) is 0 Å². The molecule has 1 amide bonds. The van der Waals surface area contributed by atoms with Crippen molar-refractivity contribution in [3.8, 4) is 17.2 Å². The van der Waals surface area contributed by atoms with Crippen LogP contribution in [0.4, 0.5) is 5.69 Å². The lowest BCUT2D eigenvalue weighted by atomic mass is 10.1. The summed E-state index contributed by atoms with van der Waals surface area (Å²) in [7, 11) is 0. The van der Waals surface area contributed by atoms with Gasteiger partial charge in [0, 0.05) is 17.0 Å². The number of amides is 1. The van der Waals surface area contributed by atoms with Gasteiger partial charge in [-0.25, -0.2) is 4.79 Å². The van der Waals surface area contributed by atoms with Crippen molar-refractivity contribution in [1.29, 1.82) is 0 Å². The van der Waals surface area contributed by atoms with Crippen molar-refractivity contribution >= 4 is 34.1 Å². The third kappa shape index (κ3) is 4.27. The van der Waals surface area contributed by atoms with E-state index in [2.05, 4.69) is 10.4 Å². The van der Waals surface area contributed by atoms with Crippen LogP contribution >= 0.6 is 0 Å². The molecule has 10 nitrogen and oxygen atoms in total. The Hall–Kier alpha value is -4.99. The number of fused-ring (bicyclic) bond motifs is 2. The van der Waals surface area contributed by atoms with E-state index in [1.807, 2.05) is 0 Å². The SMILES string of the molecule is CC(=O)c1cc2c(cc1NC(=O)COC(=O)c1nn(-c3ccccc3)c(=O)c3ccccc13)OCO2. The highest BCUT2D eigenvalue weighted by atomic mass is 16.7. The maximum absolute atomic E-state index is 13.0. The van der Waals surface area contributed by atoms with Crippen LogP contribution in [-0.4, -0.2) is 40.8 Å². The number of nitrogens with zero attached hydrogens (tertiary/aromatic N) is 2. The number of ketones is 1. The number of carbonyl (C=O) groups is 3. The highest BCUT2D eigenvalue weighted by Gasteiger charge is 2.22. The number of rotatable bonds is 6. The van der Waals surface area contributed by atoms with Crippen LogP contribution in [0.25, 0.3) is 16.5 Å². The molecular formula is C26H19N3O7. The third-order valence-electron chi connectivity index (χ3n) is 5.50. The largest absolute Gasteiger partial charge is 0.454 e. The van der Waals surface area contributed by atoms with Gasteiger partial charge in [-0.2, -0.15) is 9.78 Å². The molecule has 5 rings (SSSR count). The zero-order valence-electron chi connectivity index (χ0n) is 19.0. The van der Waals surface area contributed by atoms with E-state index < -0.39 is 24.0 Å². The zero-order valence-corrected chi connectivity index (χ0v) is 19.0. The normalized spacial score (nSPS) is 11.8. The lowest BCUT2D eigenvalue weighted by Crippen LogP contribution is -2.27. The maximum Gasteiger partial charge on any atom is 0.359 e. The second-order valence-corrected chi connectivity index (χ2v) is 7.88. The van der Waals surface area contributed by atoms with Crippen LogP contribution in [0.1, 0.15) is 27.8 Å². The summed E-state index contributed by atoms with van der Waals surface area (Å²) in [6.45, 7) is 0.713. The minimum absolute atomic E-state index is 0.00772. The van der Waals surface area contributed by atoms with Crippen molar-refractivity contribution in [2.45, 2.75) is 6.92 Å². The summed E-state index contributed by atoms with van der Waals surface area (Å²) >= 11 is 0. The average Bonchev–Trinajstić information content (AvgIpc) is 3.35. The minimum atomic E-state index is -0.886. The molecule has 0 saturated heterocycles. The highest BCUT2D eigenvalue weighted by molar-refractivity contribution is 6.06. The van der Waals surface area contributed by atoms with Crippen LogP contribution < -0.4 is 20.3 Å². The molecule has 0 saturated carbocycles. The molecular weight excluding hydrogens is 466 g/mol. The summed E-state index contributed by atoms with van der Waals surface area (Å²) in [5, 5.41) is 7.37. The second kappa shape index (κ2) is 9.34. The molecule has 10 heteroatoms. The summed E-state index contributed by atoms with van der Waals surface area (Å²) < 4.78 is 16.9. The number of nitrogens with one attached hydrogen (secondary N) is 1. The van der Waals surface area contributed by atoms with Gasteiger partial charge in [0.1, 0.15) is 0 Å². The van der Waals surface area contributed by atoms with Crippen molar-refractivity contribution in [3.05, 3.63) is 88.3 Å². The first kappa shape index (κ1) is 22.8. The van der Waals surface area contributed by atoms with Crippen molar-refractivity contribution in [1.82, 2.24) is 9.78 Å². The molecule has 0 unspecified atom stereocenters. The van der Waals surface area contributed by atoms with Gasteiger partial charge in [-0.3, -0.25) is 14.4 Å². The Morgan fingerprint density at radius 3 is 2.36 bits per heavy atom. The lowest BCUT2D eigenvalue weighted by Gasteiger charge is -2.12. The Kier molecular flexibility index (Phi) is 5.91. The van der Waals surface area contributed by atoms with E-state index >= 15 is 0 Å². The summed E-state index contributed by atoms with van der Waals surface area (Å²) in [5.41, 5.74) is 0.384. The molecule has 1 aromatic heterocycles. The van der Waals surface area contributed by atoms with E-state index in [0.717, 1.165) is 4.68 Å². The number of esters is 1. The van der Waals surface area contributed by atoms with E-state index in [1.54, 1.807) is 54.6 Å². The van der Waals surface area contributed by atoms with Crippen molar-refractivity contribution in [2.75, 3.05) is 18.7 Å². The fourth-order valence-electron chi connectivity index (χ4n) is 3.81. The molecule has 0 fully saturated rings. The minimum Gasteiger partial charge on any atom is -0.454 e. The molecule has 0 atom stereocenters. The Balaban J connectivity index is 1.39. The fraction of sp³-hybridized carbons (Fsp3) is 0.115. The van der Waals surface area contributed by atoms with Crippen molar-refractivity contribution < 1.29 is 28.6 Å². The van der Waals surface area contributed by atoms with Crippen LogP contribution in [0.3, 0.4) is 0 Å². The number of carbonyl (C=O) groups excluding carboxylic acids is 3. The number of hydrogen-bond donors (Lipinski definition) is 1. The van der Waals surface area contributed by atoms with Crippen LogP contribution in [-0.2, 0) is 9.53 Å². The number of para-hydroxylation sites is 1. The molecule has 1 aliphatic heterocycles. The number of Topliss-reactive ketones (excluding diaryl/α,β-unsaturated/α-hetero) is 1. The van der Waals surface area contributed by atoms with Crippen LogP contribution in [0.5, 0.6) is 11.5 Å². The molecule has 4 aromatic rings. The van der Waals surface area contributed by atoms with Crippen molar-refractivity contribution in [3.63, 3.8) is 0 Å². The quantitative estimate of drug-likeness (QED) is 0.326. The van der Waals surface area contributed by atoms with E-state index in [9.17, 15) is 19.2 Å². The number of hydrogen-bond acceptors (Lipinski definition) is 8. The highest BCUT2D eigenvalue weighted by Crippen LogP contribution is 2.37. The average molecular weight is 485 g/mol. The third-order valence-corrected chi connectivity index (χ3v) is 5.50. The van der Waals surface area contributed by atoms with Crippen LogP contribution in [0.2, 0.25) is 0 Å². The summed E-state index contributed by atoms with van der Waals surface area (Å²) in [4.78, 5) is 50.6. The van der Waals surface area contributed by atoms with E-state index in [4.69, 9.17) is 14.2 Å². The monoisotopic (exact) mass is 485 g/mol. The fourth-order valence-corrected chi connectivity index (χ4v) is 3.81. The number of benzene rings is 3. The standard InChI is InChI=1S/C26H19N3O7/c1-15(30)19-11-21-22(36-14-35-21)12-20(19)27-23(31)13-34-26(33)24-17-9-5-6-10-18(17)25(32)29(28-24)16-7-3-2-4-8-16/h2-12H,13-14H2,1H3,(H,27,31). The van der Waals surface area contributed by atoms with Crippen LogP contribution in [0, 0.1) is 0 Å². The van der Waals surface area contributed by atoms with Crippen molar-refractivity contribution in [2.24, 2.45) is 0 Å². The smallest absolute Gasteiger partial charge is 0.359 e. The van der Waals surface area contributed by atoms with Gasteiger partial charge in [-0.1, -0.05) is 36.4 Å². The van der Waals surface area contributed by atoms with Gasteiger partial charge in [0.25, 0.3) is 11.5 Å². The Morgan fingerprint density at radius 2 is 1.64 bits per heavy atom. The first-order chi connectivity index (χ1) is 17.4. The Labute approximate surface area is 204 Å². The molecule has 0 bridgehead atoms. The zero-order chi connectivity index (χ0) is 25.2. The molecule has 1 aliphatic rings. The molecule has 3 aromatic carbocycles. The number of ether oxygens (including phenoxy) is 3. The van der Waals surface area contributed by atoms with Crippen LogP contribution in [0.15, 0.2) is 71.5 Å². The van der Waals surface area contributed by atoms with E-state index in [1.165, 1.54) is 19.1 Å². The molecule has 2 heterocycles.